The molecule has 1 aromatic rings. The number of hydrogen-bond donors (Lipinski definition) is 9. The van der Waals surface area contributed by atoms with Gasteiger partial charge in [0.2, 0.25) is 29.5 Å². The predicted molar refractivity (Wildman–Crippen MR) is 239 cm³/mol. The molecule has 356 valence electrons. The molecule has 8 unspecified atom stereocenters. The second kappa shape index (κ2) is 27.3. The lowest BCUT2D eigenvalue weighted by atomic mass is 9.85. The van der Waals surface area contributed by atoms with Gasteiger partial charge in [-0.2, -0.15) is 11.8 Å². The number of hydrogen-bond acceptors (Lipinski definition) is 11. The monoisotopic (exact) mass is 908 g/mol. The molecule has 63 heavy (non-hydrogen) atoms. The maximum atomic E-state index is 13.9. The number of amides is 6. The van der Waals surface area contributed by atoms with Crippen molar-refractivity contribution in [2.75, 3.05) is 12.0 Å². The SMILES string of the molecule is CSCCC(NC(=O)C(NC(=O)OC(C)(C)C)C(C)C)C(=O)NC(CC(C)C)C(O)CC(C(=O)NC(C)C(=O)NC(CCC(=O)O)C(=O)NC(Cc1ccccc1)C(=O)O)C(C)C. The van der Waals surface area contributed by atoms with E-state index in [-0.39, 0.29) is 43.4 Å². The Labute approximate surface area is 376 Å². The van der Waals surface area contributed by atoms with Crippen molar-refractivity contribution in [2.24, 2.45) is 23.7 Å². The van der Waals surface area contributed by atoms with Crippen molar-refractivity contribution in [2.45, 2.75) is 156 Å². The maximum Gasteiger partial charge on any atom is 0.408 e. The number of nitrogens with one attached hydrogen (secondary N) is 6. The zero-order valence-corrected chi connectivity index (χ0v) is 39.4. The van der Waals surface area contributed by atoms with Crippen LogP contribution in [-0.4, -0.2) is 123 Å². The highest BCUT2D eigenvalue weighted by Gasteiger charge is 2.36. The Morgan fingerprint density at radius 1 is 0.667 bits per heavy atom. The summed E-state index contributed by atoms with van der Waals surface area (Å²) in [6, 6.07) is 1.56. The molecule has 0 heterocycles. The van der Waals surface area contributed by atoms with Crippen molar-refractivity contribution in [3.8, 4) is 0 Å². The van der Waals surface area contributed by atoms with Crippen LogP contribution in [0.4, 0.5) is 4.79 Å². The molecular formula is C44H72N6O12S. The number of carboxylic acids is 2. The largest absolute Gasteiger partial charge is 0.481 e. The molecule has 0 saturated carbocycles. The van der Waals surface area contributed by atoms with E-state index in [4.69, 9.17) is 4.74 Å². The van der Waals surface area contributed by atoms with E-state index >= 15 is 0 Å². The minimum atomic E-state index is -1.45. The molecule has 6 amide bonds. The maximum absolute atomic E-state index is 13.9. The number of alkyl carbamates (subject to hydrolysis) is 1. The molecule has 0 aliphatic heterocycles. The van der Waals surface area contributed by atoms with Crippen molar-refractivity contribution in [1.82, 2.24) is 31.9 Å². The number of carbonyl (C=O) groups excluding carboxylic acids is 6. The number of ether oxygens (including phenoxy) is 1. The number of rotatable bonds is 27. The molecule has 0 spiro atoms. The van der Waals surface area contributed by atoms with Gasteiger partial charge in [0.25, 0.3) is 0 Å². The third kappa shape index (κ3) is 21.8. The summed E-state index contributed by atoms with van der Waals surface area (Å²) in [5, 5.41) is 46.4. The Bertz CT molecular complexity index is 1670. The van der Waals surface area contributed by atoms with Crippen LogP contribution in [0.5, 0.6) is 0 Å². The molecule has 0 radical (unpaired) electrons. The van der Waals surface area contributed by atoms with Crippen LogP contribution in [0.1, 0.15) is 107 Å². The highest BCUT2D eigenvalue weighted by atomic mass is 32.2. The number of thioether (sulfide) groups is 1. The molecule has 19 heteroatoms. The minimum absolute atomic E-state index is 0.0158. The van der Waals surface area contributed by atoms with Gasteiger partial charge in [-0.3, -0.25) is 28.8 Å². The minimum Gasteiger partial charge on any atom is -0.481 e. The number of benzene rings is 1. The van der Waals surface area contributed by atoms with Crippen LogP contribution in [0.15, 0.2) is 30.3 Å². The van der Waals surface area contributed by atoms with Gasteiger partial charge in [0, 0.05) is 18.8 Å². The first kappa shape index (κ1) is 56.1. The van der Waals surface area contributed by atoms with Crippen molar-refractivity contribution in [3.63, 3.8) is 0 Å². The standard InChI is InChI=1S/C44H72N6O12S/c1-24(2)21-32(48-40(57)31(19-20-63-11)47-41(58)36(26(5)6)50-43(61)62-44(8,9)10)34(51)23-29(25(3)4)38(55)45-27(7)37(54)46-30(17-18-35(52)53)39(56)49-33(42(59)60)22-28-15-13-12-14-16-28/h12-16,24-27,29-34,36,51H,17-23H2,1-11H3,(H,45,55)(H,46,54)(H,47,58)(H,48,57)(H,49,56)(H,50,61)(H,52,53)(H,59,60). The van der Waals surface area contributed by atoms with Crippen molar-refractivity contribution >= 4 is 59.3 Å². The zero-order valence-electron chi connectivity index (χ0n) is 38.6. The average Bonchev–Trinajstić information content (AvgIpc) is 3.17. The van der Waals surface area contributed by atoms with Gasteiger partial charge in [0.1, 0.15) is 35.8 Å². The van der Waals surface area contributed by atoms with E-state index < -0.39 is 108 Å². The van der Waals surface area contributed by atoms with Gasteiger partial charge in [-0.1, -0.05) is 71.9 Å². The van der Waals surface area contributed by atoms with Gasteiger partial charge < -0.3 is 52.0 Å². The Kier molecular flexibility index (Phi) is 24.3. The molecule has 0 aliphatic carbocycles. The third-order valence-corrected chi connectivity index (χ3v) is 10.6. The molecule has 8 atom stereocenters. The van der Waals surface area contributed by atoms with E-state index in [2.05, 4.69) is 31.9 Å². The first-order valence-corrected chi connectivity index (χ1v) is 22.8. The summed E-state index contributed by atoms with van der Waals surface area (Å²) in [6.45, 7) is 17.2. The molecule has 18 nitrogen and oxygen atoms in total. The number of aliphatic carboxylic acids is 2. The topological polar surface area (TPSA) is 279 Å². The highest BCUT2D eigenvalue weighted by Crippen LogP contribution is 2.22. The number of aliphatic hydroxyl groups excluding tert-OH is 1. The Balaban J connectivity index is 3.18. The summed E-state index contributed by atoms with van der Waals surface area (Å²) in [4.78, 5) is 104. The normalized spacial score (nSPS) is 15.4. The molecule has 0 saturated heterocycles. The van der Waals surface area contributed by atoms with Crippen LogP contribution in [0.25, 0.3) is 0 Å². The molecule has 0 aliphatic rings. The Morgan fingerprint density at radius 2 is 1.22 bits per heavy atom. The van der Waals surface area contributed by atoms with E-state index in [0.29, 0.717) is 17.7 Å². The van der Waals surface area contributed by atoms with Gasteiger partial charge in [-0.25, -0.2) is 9.59 Å². The number of aliphatic hydroxyl groups is 1. The predicted octanol–water partition coefficient (Wildman–Crippen LogP) is 2.99. The van der Waals surface area contributed by atoms with Gasteiger partial charge >= 0.3 is 18.0 Å². The lowest BCUT2D eigenvalue weighted by Crippen LogP contribution is -2.58. The van der Waals surface area contributed by atoms with Gasteiger partial charge in [-0.05, 0) is 88.7 Å². The van der Waals surface area contributed by atoms with Crippen LogP contribution < -0.4 is 31.9 Å². The van der Waals surface area contributed by atoms with E-state index in [1.807, 2.05) is 20.1 Å². The summed E-state index contributed by atoms with van der Waals surface area (Å²) >= 11 is 1.47. The van der Waals surface area contributed by atoms with E-state index in [9.17, 15) is 53.7 Å². The molecule has 0 aromatic heterocycles. The molecule has 0 bridgehead atoms. The molecule has 0 fully saturated rings. The van der Waals surface area contributed by atoms with Crippen molar-refractivity contribution < 1.29 is 58.4 Å². The highest BCUT2D eigenvalue weighted by molar-refractivity contribution is 7.98. The summed E-state index contributed by atoms with van der Waals surface area (Å²) in [5.41, 5.74) is -0.176. The fourth-order valence-corrected chi connectivity index (χ4v) is 6.96. The summed E-state index contributed by atoms with van der Waals surface area (Å²) in [7, 11) is 0. The fraction of sp³-hybridized carbons (Fsp3) is 0.682. The van der Waals surface area contributed by atoms with Crippen LogP contribution in [-0.2, 0) is 44.7 Å². The van der Waals surface area contributed by atoms with Crippen LogP contribution in [0.2, 0.25) is 0 Å². The lowest BCUT2D eigenvalue weighted by Gasteiger charge is -2.32. The van der Waals surface area contributed by atoms with Crippen LogP contribution >= 0.6 is 11.8 Å². The quantitative estimate of drug-likeness (QED) is 0.0615. The van der Waals surface area contributed by atoms with Gasteiger partial charge in [-0.15, -0.1) is 0 Å². The first-order chi connectivity index (χ1) is 29.3. The zero-order chi connectivity index (χ0) is 48.2. The molecule has 9 N–H and O–H groups in total. The van der Waals surface area contributed by atoms with Gasteiger partial charge in [0.15, 0.2) is 0 Å². The van der Waals surface area contributed by atoms with E-state index in [1.54, 1.807) is 78.8 Å². The molecular weight excluding hydrogens is 837 g/mol. The number of carboxylic acid groups (broad SMARTS) is 2. The Hall–Kier alpha value is -4.91. The summed E-state index contributed by atoms with van der Waals surface area (Å²) in [6.07, 6.45) is -0.722. The smallest absolute Gasteiger partial charge is 0.408 e. The van der Waals surface area contributed by atoms with Crippen molar-refractivity contribution in [3.05, 3.63) is 35.9 Å². The second-order valence-electron chi connectivity index (χ2n) is 17.9. The average molecular weight is 909 g/mol. The van der Waals surface area contributed by atoms with E-state index in [1.165, 1.54) is 18.7 Å². The summed E-state index contributed by atoms with van der Waals surface area (Å²) in [5.74, 6) is -7.20. The first-order valence-electron chi connectivity index (χ1n) is 21.4. The molecule has 1 rings (SSSR count). The number of carbonyl (C=O) groups is 8. The molecule has 1 aromatic carbocycles. The Morgan fingerprint density at radius 3 is 1.73 bits per heavy atom. The fourth-order valence-electron chi connectivity index (χ4n) is 6.49. The third-order valence-electron chi connectivity index (χ3n) is 9.95. The van der Waals surface area contributed by atoms with Crippen LogP contribution in [0.3, 0.4) is 0 Å². The summed E-state index contributed by atoms with van der Waals surface area (Å²) < 4.78 is 5.34. The lowest BCUT2D eigenvalue weighted by molar-refractivity contribution is -0.143. The second-order valence-corrected chi connectivity index (χ2v) is 18.9. The van der Waals surface area contributed by atoms with Gasteiger partial charge in [0.05, 0.1) is 12.1 Å². The van der Waals surface area contributed by atoms with Crippen LogP contribution in [0, 0.1) is 23.7 Å². The van der Waals surface area contributed by atoms with Crippen molar-refractivity contribution in [1.29, 1.82) is 0 Å². The van der Waals surface area contributed by atoms with E-state index in [0.717, 1.165) is 0 Å².